The Bertz CT molecular complexity index is 953. The minimum atomic E-state index is 0.713. The third-order valence-electron chi connectivity index (χ3n) is 3.47. The number of fused-ring (bicyclic) bond motifs is 4. The van der Waals surface area contributed by atoms with Crippen molar-refractivity contribution in [2.45, 2.75) is 6.54 Å². The predicted molar refractivity (Wildman–Crippen MR) is 80.5 cm³/mol. The van der Waals surface area contributed by atoms with Crippen LogP contribution in [0.15, 0.2) is 55.4 Å². The van der Waals surface area contributed by atoms with Crippen LogP contribution in [0.2, 0.25) is 0 Å². The molecule has 0 bridgehead atoms. The summed E-state index contributed by atoms with van der Waals surface area (Å²) in [6.45, 7) is 4.54. The molecule has 20 heavy (non-hydrogen) atoms. The van der Waals surface area contributed by atoms with E-state index in [1.807, 2.05) is 24.3 Å². The van der Waals surface area contributed by atoms with Gasteiger partial charge in [0.15, 0.2) is 5.65 Å². The summed E-state index contributed by atoms with van der Waals surface area (Å²) in [7, 11) is 0. The van der Waals surface area contributed by atoms with E-state index in [0.717, 1.165) is 33.1 Å². The van der Waals surface area contributed by atoms with Gasteiger partial charge >= 0.3 is 0 Å². The van der Waals surface area contributed by atoms with Crippen LogP contribution in [0, 0.1) is 0 Å². The van der Waals surface area contributed by atoms with Crippen molar-refractivity contribution in [3.63, 3.8) is 0 Å². The average molecular weight is 260 g/mol. The van der Waals surface area contributed by atoms with Crippen LogP contribution in [-0.2, 0) is 6.54 Å². The number of para-hydroxylation sites is 1. The lowest BCUT2D eigenvalue weighted by Crippen LogP contribution is -1.97. The van der Waals surface area contributed by atoms with Gasteiger partial charge < -0.3 is 4.57 Å². The van der Waals surface area contributed by atoms with Crippen molar-refractivity contribution >= 4 is 33.1 Å². The SMILES string of the molecule is C=CCn1c2ccccc2c2nc3ccncc3nc21. The predicted octanol–water partition coefficient (Wildman–Crippen LogP) is 3.32. The van der Waals surface area contributed by atoms with E-state index >= 15 is 0 Å². The molecule has 4 rings (SSSR count). The molecular formula is C16H12N4. The smallest absolute Gasteiger partial charge is 0.160 e. The van der Waals surface area contributed by atoms with Crippen molar-refractivity contribution in [2.75, 3.05) is 0 Å². The molecule has 0 N–H and O–H groups in total. The Morgan fingerprint density at radius 2 is 2.00 bits per heavy atom. The number of nitrogens with zero attached hydrogens (tertiary/aromatic N) is 4. The second-order valence-corrected chi connectivity index (χ2v) is 4.68. The van der Waals surface area contributed by atoms with Crippen LogP contribution < -0.4 is 0 Å². The molecule has 0 aliphatic heterocycles. The van der Waals surface area contributed by atoms with Crippen LogP contribution >= 0.6 is 0 Å². The van der Waals surface area contributed by atoms with E-state index in [4.69, 9.17) is 9.97 Å². The van der Waals surface area contributed by atoms with E-state index < -0.39 is 0 Å². The van der Waals surface area contributed by atoms with Crippen LogP contribution in [-0.4, -0.2) is 19.5 Å². The first-order valence-electron chi connectivity index (χ1n) is 6.48. The Labute approximate surface area is 115 Å². The Morgan fingerprint density at radius 1 is 1.10 bits per heavy atom. The molecule has 3 aromatic heterocycles. The highest BCUT2D eigenvalue weighted by molar-refractivity contribution is 6.06. The maximum Gasteiger partial charge on any atom is 0.160 e. The number of hydrogen-bond donors (Lipinski definition) is 0. The number of rotatable bonds is 2. The maximum absolute atomic E-state index is 4.75. The van der Waals surface area contributed by atoms with Gasteiger partial charge in [0.1, 0.15) is 11.0 Å². The molecule has 4 nitrogen and oxygen atoms in total. The van der Waals surface area contributed by atoms with Crippen LogP contribution in [0.3, 0.4) is 0 Å². The number of hydrogen-bond acceptors (Lipinski definition) is 3. The molecule has 0 atom stereocenters. The minimum Gasteiger partial charge on any atom is -0.320 e. The van der Waals surface area contributed by atoms with Crippen LogP contribution in [0.4, 0.5) is 0 Å². The largest absolute Gasteiger partial charge is 0.320 e. The Hall–Kier alpha value is -2.75. The molecule has 0 unspecified atom stereocenters. The van der Waals surface area contributed by atoms with Gasteiger partial charge in [0, 0.05) is 18.1 Å². The minimum absolute atomic E-state index is 0.713. The van der Waals surface area contributed by atoms with Gasteiger partial charge in [-0.1, -0.05) is 24.3 Å². The summed E-state index contributed by atoms with van der Waals surface area (Å²) in [6.07, 6.45) is 5.37. The van der Waals surface area contributed by atoms with E-state index in [9.17, 15) is 0 Å². The average Bonchev–Trinajstić information content (AvgIpc) is 2.80. The van der Waals surface area contributed by atoms with Crippen LogP contribution in [0.25, 0.3) is 33.1 Å². The van der Waals surface area contributed by atoms with E-state index in [1.54, 1.807) is 12.4 Å². The molecule has 0 saturated heterocycles. The highest BCUT2D eigenvalue weighted by Gasteiger charge is 2.13. The molecular weight excluding hydrogens is 248 g/mol. The van der Waals surface area contributed by atoms with E-state index in [1.165, 1.54) is 0 Å². The molecule has 0 aliphatic rings. The fourth-order valence-corrected chi connectivity index (χ4v) is 2.60. The molecule has 0 radical (unpaired) electrons. The molecule has 3 heterocycles. The summed E-state index contributed by atoms with van der Waals surface area (Å²) in [4.78, 5) is 13.6. The first-order valence-corrected chi connectivity index (χ1v) is 6.48. The van der Waals surface area contributed by atoms with Gasteiger partial charge in [0.05, 0.1) is 17.2 Å². The monoisotopic (exact) mass is 260 g/mol. The number of aromatic nitrogens is 4. The van der Waals surface area contributed by atoms with Crippen molar-refractivity contribution in [1.29, 1.82) is 0 Å². The third-order valence-corrected chi connectivity index (χ3v) is 3.47. The fraction of sp³-hybridized carbons (Fsp3) is 0.0625. The molecule has 4 aromatic rings. The Kier molecular flexibility index (Phi) is 2.29. The van der Waals surface area contributed by atoms with Crippen LogP contribution in [0.5, 0.6) is 0 Å². The van der Waals surface area contributed by atoms with Gasteiger partial charge in [-0.05, 0) is 12.1 Å². The molecule has 96 valence electrons. The van der Waals surface area contributed by atoms with Gasteiger partial charge in [0.2, 0.25) is 0 Å². The highest BCUT2D eigenvalue weighted by Crippen LogP contribution is 2.27. The summed E-state index contributed by atoms with van der Waals surface area (Å²) in [5.74, 6) is 0. The van der Waals surface area contributed by atoms with Gasteiger partial charge in [-0.25, -0.2) is 9.97 Å². The lowest BCUT2D eigenvalue weighted by atomic mass is 10.2. The van der Waals surface area contributed by atoms with Gasteiger partial charge in [-0.15, -0.1) is 6.58 Å². The molecule has 0 spiro atoms. The van der Waals surface area contributed by atoms with E-state index in [0.29, 0.717) is 6.54 Å². The quantitative estimate of drug-likeness (QED) is 0.519. The first kappa shape index (κ1) is 11.1. The standard InChI is InChI=1S/C16H12N4/c1-2-9-20-14-6-4-3-5-11(14)15-16(20)19-13-10-17-8-7-12(13)18-15/h2-8,10H,1,9H2. The summed E-state index contributed by atoms with van der Waals surface area (Å²) in [5, 5.41) is 1.12. The number of benzene rings is 1. The number of pyridine rings is 1. The summed E-state index contributed by atoms with van der Waals surface area (Å²) >= 11 is 0. The van der Waals surface area contributed by atoms with Crippen molar-refractivity contribution in [1.82, 2.24) is 19.5 Å². The zero-order chi connectivity index (χ0) is 13.5. The summed E-state index contributed by atoms with van der Waals surface area (Å²) in [5.41, 5.74) is 4.63. The molecule has 0 saturated carbocycles. The number of allylic oxidation sites excluding steroid dienone is 1. The summed E-state index contributed by atoms with van der Waals surface area (Å²) in [6, 6.07) is 10.1. The van der Waals surface area contributed by atoms with Crippen molar-refractivity contribution < 1.29 is 0 Å². The maximum atomic E-state index is 4.75. The Balaban J connectivity index is 2.25. The topological polar surface area (TPSA) is 43.6 Å². The van der Waals surface area contributed by atoms with E-state index in [-0.39, 0.29) is 0 Å². The van der Waals surface area contributed by atoms with Crippen molar-refractivity contribution in [2.24, 2.45) is 0 Å². The van der Waals surface area contributed by atoms with Gasteiger partial charge in [-0.3, -0.25) is 4.98 Å². The molecule has 0 fully saturated rings. The van der Waals surface area contributed by atoms with Crippen molar-refractivity contribution in [3.05, 3.63) is 55.4 Å². The van der Waals surface area contributed by atoms with Crippen molar-refractivity contribution in [3.8, 4) is 0 Å². The molecule has 4 heteroatoms. The molecule has 0 amide bonds. The second-order valence-electron chi connectivity index (χ2n) is 4.68. The normalized spacial score (nSPS) is 11.4. The highest BCUT2D eigenvalue weighted by atomic mass is 15.1. The summed E-state index contributed by atoms with van der Waals surface area (Å²) < 4.78 is 2.14. The third kappa shape index (κ3) is 1.45. The lowest BCUT2D eigenvalue weighted by molar-refractivity contribution is 0.887. The zero-order valence-corrected chi connectivity index (χ0v) is 10.8. The Morgan fingerprint density at radius 3 is 2.90 bits per heavy atom. The van der Waals surface area contributed by atoms with Gasteiger partial charge in [0.25, 0.3) is 0 Å². The second kappa shape index (κ2) is 4.13. The first-order chi connectivity index (χ1) is 9.88. The van der Waals surface area contributed by atoms with E-state index in [2.05, 4.69) is 28.3 Å². The molecule has 1 aromatic carbocycles. The lowest BCUT2D eigenvalue weighted by Gasteiger charge is -2.02. The zero-order valence-electron chi connectivity index (χ0n) is 10.8. The van der Waals surface area contributed by atoms with Gasteiger partial charge in [-0.2, -0.15) is 0 Å². The van der Waals surface area contributed by atoms with Crippen LogP contribution in [0.1, 0.15) is 0 Å². The molecule has 0 aliphatic carbocycles. The fourth-order valence-electron chi connectivity index (χ4n) is 2.60.